The van der Waals surface area contributed by atoms with Crippen LogP contribution < -0.4 is 24.4 Å². The number of aliphatic hydroxyl groups is 2. The van der Waals surface area contributed by atoms with Crippen molar-refractivity contribution in [1.82, 2.24) is 5.48 Å². The molecule has 1 saturated carbocycles. The van der Waals surface area contributed by atoms with E-state index in [1.807, 2.05) is 60.7 Å². The lowest BCUT2D eigenvalue weighted by Gasteiger charge is -2.40. The second kappa shape index (κ2) is 11.3. The summed E-state index contributed by atoms with van der Waals surface area (Å²) in [6.45, 7) is 0.374. The highest BCUT2D eigenvalue weighted by Crippen LogP contribution is 2.70. The number of aliphatic hydroxyl groups excluding tert-OH is 1. The number of benzene rings is 4. The maximum atomic E-state index is 13.6. The van der Waals surface area contributed by atoms with Gasteiger partial charge in [0.05, 0.1) is 32.8 Å². The quantitative estimate of drug-likeness (QED) is 0.251. The second-order valence-electron chi connectivity index (χ2n) is 10.6. The van der Waals surface area contributed by atoms with Crippen LogP contribution in [-0.2, 0) is 27.4 Å². The van der Waals surface area contributed by atoms with Gasteiger partial charge in [0.1, 0.15) is 35.7 Å². The van der Waals surface area contributed by atoms with Crippen molar-refractivity contribution in [3.05, 3.63) is 119 Å². The van der Waals surface area contributed by atoms with E-state index in [9.17, 15) is 15.0 Å². The van der Waals surface area contributed by atoms with E-state index in [-0.39, 0.29) is 17.1 Å². The fraction of sp³-hybridized carbons (Fsp3) is 0.265. The molecule has 2 aliphatic rings. The largest absolute Gasteiger partial charge is 0.496 e. The van der Waals surface area contributed by atoms with Crippen LogP contribution in [-0.4, -0.2) is 43.6 Å². The monoisotopic (exact) mass is 583 g/mol. The molecule has 1 aliphatic heterocycles. The number of nitrogens with one attached hydrogen (secondary N) is 1. The molecule has 4 aromatic rings. The molecule has 9 nitrogen and oxygen atoms in total. The summed E-state index contributed by atoms with van der Waals surface area (Å²) in [5, 5.41) is 25.0. The van der Waals surface area contributed by atoms with Gasteiger partial charge >= 0.3 is 0 Å². The van der Waals surface area contributed by atoms with E-state index in [1.165, 1.54) is 21.3 Å². The maximum Gasteiger partial charge on any atom is 0.250 e. The molecule has 2 unspecified atom stereocenters. The first kappa shape index (κ1) is 28.5. The first-order chi connectivity index (χ1) is 20.9. The predicted octanol–water partition coefficient (Wildman–Crippen LogP) is 4.21. The summed E-state index contributed by atoms with van der Waals surface area (Å²) in [6, 6.07) is 29.4. The number of ether oxygens (including phenoxy) is 4. The van der Waals surface area contributed by atoms with Crippen LogP contribution in [0, 0.1) is 5.92 Å². The lowest BCUT2D eigenvalue weighted by Crippen LogP contribution is -2.52. The first-order valence-corrected chi connectivity index (χ1v) is 13.9. The summed E-state index contributed by atoms with van der Waals surface area (Å²) in [5.74, 6) is -1.09. The minimum Gasteiger partial charge on any atom is -0.496 e. The predicted molar refractivity (Wildman–Crippen MR) is 157 cm³/mol. The number of rotatable bonds is 9. The first-order valence-electron chi connectivity index (χ1n) is 13.9. The number of hydroxylamine groups is 1. The van der Waals surface area contributed by atoms with E-state index in [1.54, 1.807) is 36.4 Å². The summed E-state index contributed by atoms with van der Waals surface area (Å²) < 4.78 is 24.0. The molecule has 0 spiro atoms. The molecule has 0 radical (unpaired) electrons. The third-order valence-electron chi connectivity index (χ3n) is 8.47. The lowest BCUT2D eigenvalue weighted by atomic mass is 9.70. The van der Waals surface area contributed by atoms with Gasteiger partial charge in [-0.3, -0.25) is 9.63 Å². The Hall–Kier alpha value is -4.57. The molecule has 0 bridgehead atoms. The Kier molecular flexibility index (Phi) is 7.47. The van der Waals surface area contributed by atoms with Crippen LogP contribution in [0.15, 0.2) is 97.1 Å². The third-order valence-corrected chi connectivity index (χ3v) is 8.47. The molecule has 6 rings (SSSR count). The SMILES string of the molecule is CONC(=O)C1C(c2ccccc2)[C@]2(c3ccc(OCc4ccccc4)cc3)Oc3cc(OC)cc(OC)c3[C@]2(O)[C@@H]1O. The van der Waals surface area contributed by atoms with E-state index in [0.717, 1.165) is 5.56 Å². The summed E-state index contributed by atoms with van der Waals surface area (Å²) in [4.78, 5) is 18.6. The van der Waals surface area contributed by atoms with Crippen molar-refractivity contribution in [2.24, 2.45) is 5.92 Å². The highest BCUT2D eigenvalue weighted by atomic mass is 16.6. The maximum absolute atomic E-state index is 13.6. The van der Waals surface area contributed by atoms with E-state index >= 15 is 0 Å². The number of hydrogen-bond donors (Lipinski definition) is 3. The number of methoxy groups -OCH3 is 2. The van der Waals surface area contributed by atoms with Crippen molar-refractivity contribution in [2.45, 2.75) is 29.8 Å². The average molecular weight is 584 g/mol. The van der Waals surface area contributed by atoms with E-state index in [0.29, 0.717) is 29.2 Å². The smallest absolute Gasteiger partial charge is 0.250 e. The molecule has 0 saturated heterocycles. The highest BCUT2D eigenvalue weighted by Gasteiger charge is 2.78. The van der Waals surface area contributed by atoms with Crippen LogP contribution in [0.5, 0.6) is 23.0 Å². The molecule has 1 amide bonds. The van der Waals surface area contributed by atoms with Crippen LogP contribution in [0.2, 0.25) is 0 Å². The van der Waals surface area contributed by atoms with Crippen molar-refractivity contribution in [3.63, 3.8) is 0 Å². The Morgan fingerprint density at radius 3 is 2.19 bits per heavy atom. The van der Waals surface area contributed by atoms with Gasteiger partial charge in [-0.15, -0.1) is 0 Å². The molecule has 5 atom stereocenters. The molecule has 3 N–H and O–H groups in total. The van der Waals surface area contributed by atoms with E-state index in [2.05, 4.69) is 5.48 Å². The van der Waals surface area contributed by atoms with E-state index < -0.39 is 35.0 Å². The van der Waals surface area contributed by atoms with Gasteiger partial charge < -0.3 is 29.2 Å². The number of hydrogen-bond acceptors (Lipinski definition) is 8. The molecule has 1 fully saturated rings. The van der Waals surface area contributed by atoms with Gasteiger partial charge in [-0.05, 0) is 28.8 Å². The van der Waals surface area contributed by atoms with Crippen molar-refractivity contribution < 1.29 is 38.8 Å². The zero-order chi connectivity index (χ0) is 30.2. The fourth-order valence-corrected chi connectivity index (χ4v) is 6.66. The van der Waals surface area contributed by atoms with Crippen LogP contribution >= 0.6 is 0 Å². The minimum absolute atomic E-state index is 0.223. The molecule has 222 valence electrons. The Morgan fingerprint density at radius 1 is 0.884 bits per heavy atom. The standard InChI is InChI=1S/C34H33NO8/c1-39-25-18-26(40-2)30-27(19-25)43-34(23-14-16-24(17-15-23)42-20-21-10-6-4-7-11-21)29(22-12-8-5-9-13-22)28(32(37)35-41-3)31(36)33(30,34)38/h4-19,28-29,31,36,38H,20H2,1-3H3,(H,35,37)/t28?,29?,31-,33+,34+/m1/s1. The molecule has 4 aromatic carbocycles. The average Bonchev–Trinajstić information content (AvgIpc) is 3.43. The van der Waals surface area contributed by atoms with Gasteiger partial charge in [-0.25, -0.2) is 5.48 Å². The Morgan fingerprint density at radius 2 is 1.56 bits per heavy atom. The normalized spacial score (nSPS) is 25.3. The number of amides is 1. The summed E-state index contributed by atoms with van der Waals surface area (Å²) >= 11 is 0. The second-order valence-corrected chi connectivity index (χ2v) is 10.6. The molecular weight excluding hydrogens is 550 g/mol. The van der Waals surface area contributed by atoms with Gasteiger partial charge in [0.25, 0.3) is 0 Å². The number of carbonyl (C=O) groups is 1. The summed E-state index contributed by atoms with van der Waals surface area (Å²) in [7, 11) is 4.29. The van der Waals surface area contributed by atoms with Crippen molar-refractivity contribution in [1.29, 1.82) is 0 Å². The van der Waals surface area contributed by atoms with Gasteiger partial charge in [0.15, 0.2) is 11.2 Å². The zero-order valence-corrected chi connectivity index (χ0v) is 24.0. The number of carbonyl (C=O) groups excluding carboxylic acids is 1. The molecule has 9 heteroatoms. The van der Waals surface area contributed by atoms with Crippen LogP contribution in [0.25, 0.3) is 0 Å². The van der Waals surface area contributed by atoms with Crippen LogP contribution in [0.3, 0.4) is 0 Å². The van der Waals surface area contributed by atoms with Gasteiger partial charge in [-0.1, -0.05) is 72.8 Å². The fourth-order valence-electron chi connectivity index (χ4n) is 6.66. The van der Waals surface area contributed by atoms with Crippen molar-refractivity contribution >= 4 is 5.91 Å². The Labute approximate surface area is 249 Å². The molecule has 0 aromatic heterocycles. The minimum atomic E-state index is -2.14. The molecule has 1 heterocycles. The topological polar surface area (TPSA) is 116 Å². The number of fused-ring (bicyclic) bond motifs is 3. The molecular formula is C34H33NO8. The van der Waals surface area contributed by atoms with E-state index in [4.69, 9.17) is 23.8 Å². The third kappa shape index (κ3) is 4.39. The van der Waals surface area contributed by atoms with Crippen molar-refractivity contribution in [3.8, 4) is 23.0 Å². The van der Waals surface area contributed by atoms with Gasteiger partial charge in [-0.2, -0.15) is 0 Å². The van der Waals surface area contributed by atoms with Gasteiger partial charge in [0.2, 0.25) is 5.91 Å². The Balaban J connectivity index is 1.55. The Bertz CT molecular complexity index is 1600. The summed E-state index contributed by atoms with van der Waals surface area (Å²) in [6.07, 6.45) is -1.63. The highest BCUT2D eigenvalue weighted by molar-refractivity contribution is 5.82. The zero-order valence-electron chi connectivity index (χ0n) is 24.0. The van der Waals surface area contributed by atoms with Crippen molar-refractivity contribution in [2.75, 3.05) is 21.3 Å². The van der Waals surface area contributed by atoms with Crippen LogP contribution in [0.4, 0.5) is 0 Å². The summed E-state index contributed by atoms with van der Waals surface area (Å²) in [5.41, 5.74) is 1.00. The molecule has 43 heavy (non-hydrogen) atoms. The lowest BCUT2D eigenvalue weighted by molar-refractivity contribution is -0.157. The van der Waals surface area contributed by atoms with Gasteiger partial charge in [0, 0.05) is 18.1 Å². The van der Waals surface area contributed by atoms with Crippen LogP contribution in [0.1, 0.15) is 28.2 Å². The molecule has 1 aliphatic carbocycles.